The number of rotatable bonds is 5. The van der Waals surface area contributed by atoms with E-state index in [9.17, 15) is 29.7 Å². The number of carboxylic acids is 3. The van der Waals surface area contributed by atoms with E-state index in [1.807, 2.05) is 0 Å². The van der Waals surface area contributed by atoms with Crippen molar-refractivity contribution in [2.45, 2.75) is 18.4 Å². The van der Waals surface area contributed by atoms with Gasteiger partial charge >= 0.3 is 121 Å². The van der Waals surface area contributed by atoms with E-state index in [-0.39, 0.29) is 88.7 Å². The number of carboxylic acid groups (broad SMARTS) is 3. The van der Waals surface area contributed by atoms with Gasteiger partial charge in [0.25, 0.3) is 0 Å². The fraction of sp³-hybridized carbons (Fsp3) is 0.500. The zero-order chi connectivity index (χ0) is 12.6. The maximum absolute atomic E-state index is 10.1. The molecular formula is C6H5CdNa3O7S. The van der Waals surface area contributed by atoms with Gasteiger partial charge in [-0.15, -0.1) is 0 Å². The zero-order valence-electron chi connectivity index (χ0n) is 10.4. The van der Waals surface area contributed by atoms with E-state index < -0.39 is 36.4 Å². The van der Waals surface area contributed by atoms with Crippen molar-refractivity contribution in [3.63, 3.8) is 0 Å². The molecule has 0 rings (SSSR count). The van der Waals surface area contributed by atoms with Crippen LogP contribution in [-0.4, -0.2) is 28.6 Å². The van der Waals surface area contributed by atoms with E-state index in [1.54, 1.807) is 0 Å². The molecule has 0 amide bonds. The normalized spacial score (nSPS) is 8.17. The van der Waals surface area contributed by atoms with Gasteiger partial charge in [-0.25, -0.2) is 0 Å². The van der Waals surface area contributed by atoms with Crippen molar-refractivity contribution in [2.24, 2.45) is 0 Å². The average molecular weight is 403 g/mol. The van der Waals surface area contributed by atoms with Crippen LogP contribution in [0, 0.1) is 0 Å². The molecular weight excluding hydrogens is 398 g/mol. The van der Waals surface area contributed by atoms with Gasteiger partial charge in [-0.1, -0.05) is 0 Å². The molecule has 0 saturated heterocycles. The minimum absolute atomic E-state index is 0. The predicted molar refractivity (Wildman–Crippen MR) is 36.8 cm³/mol. The van der Waals surface area contributed by atoms with Gasteiger partial charge in [-0.2, -0.15) is 0 Å². The van der Waals surface area contributed by atoms with Crippen LogP contribution in [0.25, 0.3) is 0 Å². The Balaban J connectivity index is -0.000000107. The summed E-state index contributed by atoms with van der Waals surface area (Å²) in [4.78, 5) is 30.0. The van der Waals surface area contributed by atoms with Crippen LogP contribution in [0.3, 0.4) is 0 Å². The second-order valence-electron chi connectivity index (χ2n) is 2.42. The van der Waals surface area contributed by atoms with Crippen molar-refractivity contribution < 1.29 is 147 Å². The second-order valence-corrected chi connectivity index (χ2v) is 2.42. The molecule has 0 radical (unpaired) electrons. The first kappa shape index (κ1) is 32.5. The molecule has 0 aliphatic rings. The van der Waals surface area contributed by atoms with Crippen LogP contribution in [0.15, 0.2) is 0 Å². The fourth-order valence-corrected chi connectivity index (χ4v) is 0.684. The second kappa shape index (κ2) is 17.6. The Labute approximate surface area is 188 Å². The van der Waals surface area contributed by atoms with Gasteiger partial charge in [0.1, 0.15) is 5.60 Å². The van der Waals surface area contributed by atoms with Crippen LogP contribution in [0.1, 0.15) is 12.8 Å². The Bertz CT molecular complexity index is 262. The number of carbonyl (C=O) groups is 3. The standard InChI is InChI=1S/C6H8O7.Cd.3Na.S/c7-3(8)1-6(13,5(11)12)2-4(9)10;;;;;/h13H,1-2H2,(H,7,8)(H,9,10)(H,11,12);;;;;/q;;3*+1;/p-3. The minimum atomic E-state index is -2.97. The Morgan fingerprint density at radius 2 is 1.17 bits per heavy atom. The number of aliphatic hydroxyl groups is 1. The summed E-state index contributed by atoms with van der Waals surface area (Å²) >= 11 is 0.733. The van der Waals surface area contributed by atoms with Crippen LogP contribution >= 0.6 is 8.65 Å². The molecule has 12 heteroatoms. The Morgan fingerprint density at radius 3 is 1.28 bits per heavy atom. The third-order valence-corrected chi connectivity index (χ3v) is 1.25. The van der Waals surface area contributed by atoms with Crippen molar-refractivity contribution in [3.8, 4) is 0 Å². The van der Waals surface area contributed by atoms with E-state index in [0.717, 1.165) is 23.7 Å². The van der Waals surface area contributed by atoms with Crippen LogP contribution in [0.5, 0.6) is 0 Å². The molecule has 0 fully saturated rings. The van der Waals surface area contributed by atoms with Gasteiger partial charge in [-0.05, 0) is 0 Å². The fourth-order valence-electron chi connectivity index (χ4n) is 0.684. The van der Waals surface area contributed by atoms with E-state index in [4.69, 9.17) is 5.11 Å². The van der Waals surface area contributed by atoms with Gasteiger partial charge in [-0.3, -0.25) is 0 Å². The predicted octanol–water partition coefficient (Wildman–Crippen LogP) is -13.6. The molecule has 0 unspecified atom stereocenters. The van der Waals surface area contributed by atoms with Gasteiger partial charge < -0.3 is 34.8 Å². The molecule has 0 aliphatic heterocycles. The Kier molecular flexibility index (Phi) is 31.7. The van der Waals surface area contributed by atoms with Crippen molar-refractivity contribution >= 4 is 26.6 Å². The molecule has 82 valence electrons. The number of aliphatic carboxylic acids is 3. The number of carbonyl (C=O) groups excluding carboxylic acids is 3. The summed E-state index contributed by atoms with van der Waals surface area (Å²) in [5.41, 5.74) is -2.97. The summed E-state index contributed by atoms with van der Waals surface area (Å²) in [7, 11) is 4.25. The van der Waals surface area contributed by atoms with Crippen molar-refractivity contribution in [1.82, 2.24) is 0 Å². The SMILES string of the molecule is O=C([O-])CC(O)(CC(=O)[O-])C(=O)[O-].[Na+].[Na+].[Na+].[S]=[Cd]. The molecule has 0 spiro atoms. The first-order chi connectivity index (χ1) is 6.78. The maximum atomic E-state index is 10.1. The molecule has 0 aromatic rings. The van der Waals surface area contributed by atoms with Gasteiger partial charge in [0.05, 0.1) is 5.97 Å². The topological polar surface area (TPSA) is 141 Å². The Hall–Kier alpha value is 2.51. The number of hydrogen-bond acceptors (Lipinski definition) is 8. The van der Waals surface area contributed by atoms with Gasteiger partial charge in [0, 0.05) is 24.8 Å². The quantitative estimate of drug-likeness (QED) is 0.447. The van der Waals surface area contributed by atoms with Crippen LogP contribution in [0.2, 0.25) is 0 Å². The van der Waals surface area contributed by atoms with Crippen molar-refractivity contribution in [2.75, 3.05) is 0 Å². The van der Waals surface area contributed by atoms with Crippen molar-refractivity contribution in [3.05, 3.63) is 0 Å². The third kappa shape index (κ3) is 16.6. The molecule has 18 heavy (non-hydrogen) atoms. The molecule has 0 aliphatic carbocycles. The van der Waals surface area contributed by atoms with Gasteiger partial charge in [0.2, 0.25) is 0 Å². The summed E-state index contributed by atoms with van der Waals surface area (Å²) in [5.74, 6) is -5.98. The van der Waals surface area contributed by atoms with Crippen LogP contribution in [-0.2, 0) is 38.1 Å². The van der Waals surface area contributed by atoms with E-state index in [0.29, 0.717) is 0 Å². The molecule has 0 aromatic heterocycles. The third-order valence-electron chi connectivity index (χ3n) is 1.25. The van der Waals surface area contributed by atoms with E-state index >= 15 is 0 Å². The Morgan fingerprint density at radius 1 is 0.944 bits per heavy atom. The molecule has 0 saturated carbocycles. The molecule has 0 bridgehead atoms. The summed E-state index contributed by atoms with van der Waals surface area (Å²) < 4.78 is 0. The van der Waals surface area contributed by atoms with Crippen molar-refractivity contribution in [1.29, 1.82) is 0 Å². The molecule has 0 heterocycles. The molecule has 0 aromatic carbocycles. The monoisotopic (exact) mass is 404 g/mol. The molecule has 1 N–H and O–H groups in total. The van der Waals surface area contributed by atoms with Gasteiger partial charge in [0.15, 0.2) is 0 Å². The van der Waals surface area contributed by atoms with Crippen LogP contribution in [0.4, 0.5) is 0 Å². The summed E-state index contributed by atoms with van der Waals surface area (Å²) in [6.07, 6.45) is -2.72. The van der Waals surface area contributed by atoms with E-state index in [2.05, 4.69) is 8.65 Å². The molecule has 7 nitrogen and oxygen atoms in total. The summed E-state index contributed by atoms with van der Waals surface area (Å²) in [5, 5.41) is 38.9. The number of hydrogen-bond donors (Lipinski definition) is 1. The first-order valence-electron chi connectivity index (χ1n) is 3.40. The van der Waals surface area contributed by atoms with Crippen LogP contribution < -0.4 is 104 Å². The summed E-state index contributed by atoms with van der Waals surface area (Å²) in [6.45, 7) is 0. The van der Waals surface area contributed by atoms with E-state index in [1.165, 1.54) is 0 Å². The molecule has 0 atom stereocenters. The summed E-state index contributed by atoms with van der Waals surface area (Å²) in [6, 6.07) is 0. The average Bonchev–Trinajstić information content (AvgIpc) is 2.04. The first-order valence-corrected chi connectivity index (χ1v) is 8.92. The zero-order valence-corrected chi connectivity index (χ0v) is 21.3.